The number of Topliss-reactive ketones (excluding diaryl/α,β-unsaturated/α-hetero) is 1. The third kappa shape index (κ3) is 5.76. The molecule has 2 aliphatic heterocycles. The number of aromatic nitrogens is 4. The molecule has 1 saturated heterocycles. The molecule has 0 saturated carbocycles. The number of alkyl halides is 6. The Morgan fingerprint density at radius 3 is 2.43 bits per heavy atom. The van der Waals surface area contributed by atoms with Crippen molar-refractivity contribution in [3.8, 4) is 0 Å². The molecule has 4 rings (SSSR count). The van der Waals surface area contributed by atoms with Crippen LogP contribution in [0.3, 0.4) is 0 Å². The Hall–Kier alpha value is -3.49. The zero-order valence-corrected chi connectivity index (χ0v) is 19.4. The fourth-order valence-electron chi connectivity index (χ4n) is 4.36. The van der Waals surface area contributed by atoms with Crippen LogP contribution in [0.5, 0.6) is 0 Å². The summed E-state index contributed by atoms with van der Waals surface area (Å²) in [5.41, 5.74) is -3.37. The molecule has 15 heteroatoms. The van der Waals surface area contributed by atoms with E-state index in [1.165, 1.54) is 12.0 Å². The Morgan fingerprint density at radius 2 is 1.81 bits per heavy atom. The lowest BCUT2D eigenvalue weighted by molar-refractivity contribution is -0.139. The molecule has 1 N–H and O–H groups in total. The first-order valence-corrected chi connectivity index (χ1v) is 11.2. The van der Waals surface area contributed by atoms with Gasteiger partial charge in [-0.05, 0) is 18.4 Å². The van der Waals surface area contributed by atoms with E-state index in [0.717, 1.165) is 0 Å². The SMILES string of the molecule is CO[C@H]1C[C@@H](C(=O)C2=CCCN(c3ncc(C(F)(F)F)cn3)CC2)N(c2cc(C(F)(F)F)c(=O)[nH]n2)C1. The molecule has 2 aromatic heterocycles. The van der Waals surface area contributed by atoms with Crippen LogP contribution in [0.15, 0.2) is 34.9 Å². The maximum absolute atomic E-state index is 13.5. The molecule has 1 fully saturated rings. The number of H-pyrrole nitrogens is 1. The molecule has 2 aromatic rings. The number of nitrogens with zero attached hydrogens (tertiary/aromatic N) is 5. The summed E-state index contributed by atoms with van der Waals surface area (Å²) in [7, 11) is 1.42. The van der Waals surface area contributed by atoms with E-state index in [4.69, 9.17) is 4.74 Å². The first kappa shape index (κ1) is 26.6. The van der Waals surface area contributed by atoms with Crippen LogP contribution in [0.4, 0.5) is 38.1 Å². The number of methoxy groups -OCH3 is 1. The van der Waals surface area contributed by atoms with Crippen molar-refractivity contribution in [2.75, 3.05) is 36.5 Å². The number of carbonyl (C=O) groups is 1. The lowest BCUT2D eigenvalue weighted by atomic mass is 9.98. The van der Waals surface area contributed by atoms with Crippen LogP contribution in [0.1, 0.15) is 30.4 Å². The third-order valence-electron chi connectivity index (χ3n) is 6.29. The van der Waals surface area contributed by atoms with Crippen molar-refractivity contribution in [2.45, 2.75) is 43.8 Å². The van der Waals surface area contributed by atoms with E-state index < -0.39 is 41.2 Å². The Balaban J connectivity index is 1.51. The molecular formula is C22H22F6N6O3. The molecule has 0 aromatic carbocycles. The van der Waals surface area contributed by atoms with Crippen LogP contribution in [0, 0.1) is 0 Å². The minimum Gasteiger partial charge on any atom is -0.380 e. The number of anilines is 2. The normalized spacial score (nSPS) is 21.1. The molecule has 0 unspecified atom stereocenters. The van der Waals surface area contributed by atoms with Gasteiger partial charge >= 0.3 is 12.4 Å². The Labute approximate surface area is 206 Å². The smallest absolute Gasteiger partial charge is 0.380 e. The Morgan fingerprint density at radius 1 is 1.11 bits per heavy atom. The van der Waals surface area contributed by atoms with Crippen molar-refractivity contribution in [2.24, 2.45) is 0 Å². The molecule has 0 aliphatic carbocycles. The number of rotatable bonds is 5. The number of hydrogen-bond donors (Lipinski definition) is 1. The first-order chi connectivity index (χ1) is 17.4. The summed E-state index contributed by atoms with van der Waals surface area (Å²) in [6, 6.07) is -0.271. The van der Waals surface area contributed by atoms with Crippen LogP contribution >= 0.6 is 0 Å². The van der Waals surface area contributed by atoms with Crippen molar-refractivity contribution in [1.82, 2.24) is 20.2 Å². The monoisotopic (exact) mass is 532 g/mol. The molecule has 0 radical (unpaired) electrons. The molecule has 2 atom stereocenters. The Kier molecular flexibility index (Phi) is 7.26. The fraction of sp³-hybridized carbons (Fsp3) is 0.500. The van der Waals surface area contributed by atoms with Gasteiger partial charge in [0.2, 0.25) is 5.95 Å². The summed E-state index contributed by atoms with van der Waals surface area (Å²) in [5.74, 6) is -0.454. The highest BCUT2D eigenvalue weighted by molar-refractivity contribution is 6.01. The van der Waals surface area contributed by atoms with E-state index in [0.29, 0.717) is 37.0 Å². The first-order valence-electron chi connectivity index (χ1n) is 11.2. The van der Waals surface area contributed by atoms with Crippen molar-refractivity contribution < 1.29 is 35.9 Å². The highest BCUT2D eigenvalue weighted by Gasteiger charge is 2.41. The molecule has 4 heterocycles. The summed E-state index contributed by atoms with van der Waals surface area (Å²) < 4.78 is 83.5. The van der Waals surface area contributed by atoms with E-state index in [1.807, 2.05) is 5.10 Å². The van der Waals surface area contributed by atoms with Gasteiger partial charge in [0.15, 0.2) is 5.78 Å². The Bertz CT molecular complexity index is 1230. The van der Waals surface area contributed by atoms with E-state index >= 15 is 0 Å². The minimum atomic E-state index is -4.90. The topological polar surface area (TPSA) is 104 Å². The van der Waals surface area contributed by atoms with Crippen LogP contribution in [0.25, 0.3) is 0 Å². The van der Waals surface area contributed by atoms with Crippen LogP contribution in [0.2, 0.25) is 0 Å². The molecule has 0 bridgehead atoms. The van der Waals surface area contributed by atoms with Gasteiger partial charge < -0.3 is 14.5 Å². The summed E-state index contributed by atoms with van der Waals surface area (Å²) in [5, 5.41) is 5.58. The van der Waals surface area contributed by atoms with Gasteiger partial charge in [-0.3, -0.25) is 9.59 Å². The van der Waals surface area contributed by atoms with Crippen molar-refractivity contribution >= 4 is 17.5 Å². The summed E-state index contributed by atoms with van der Waals surface area (Å²) in [4.78, 5) is 35.8. The van der Waals surface area contributed by atoms with E-state index in [9.17, 15) is 35.9 Å². The van der Waals surface area contributed by atoms with Gasteiger partial charge in [0.05, 0.1) is 17.7 Å². The second-order valence-corrected chi connectivity index (χ2v) is 8.62. The number of ketones is 1. The number of ether oxygens (including phenoxy) is 1. The lowest BCUT2D eigenvalue weighted by Gasteiger charge is -2.25. The molecule has 2 aliphatic rings. The van der Waals surface area contributed by atoms with Gasteiger partial charge in [-0.15, -0.1) is 0 Å². The molecular weight excluding hydrogens is 510 g/mol. The summed E-state index contributed by atoms with van der Waals surface area (Å²) in [6.07, 6.45) is -6.04. The largest absolute Gasteiger partial charge is 0.421 e. The molecule has 0 amide bonds. The lowest BCUT2D eigenvalue weighted by Crippen LogP contribution is -2.39. The zero-order valence-electron chi connectivity index (χ0n) is 19.4. The third-order valence-corrected chi connectivity index (χ3v) is 6.29. The van der Waals surface area contributed by atoms with Gasteiger partial charge in [0.25, 0.3) is 5.56 Å². The van der Waals surface area contributed by atoms with Crippen LogP contribution in [-0.4, -0.2) is 64.8 Å². The zero-order chi connectivity index (χ0) is 27.0. The van der Waals surface area contributed by atoms with E-state index in [1.54, 1.807) is 11.0 Å². The standard InChI is InChI=1S/C22H22F6N6O3/c1-37-14-7-16(34(11-14)17-8-15(22(26,27)28)19(36)32-31-17)18(35)12-3-2-5-33(6-4-12)20-29-9-13(10-30-20)21(23,24)25/h3,8-10,14,16H,2,4-7,11H2,1H3,(H,32,36)/t14-,16-/m0/s1. The van der Waals surface area contributed by atoms with E-state index in [-0.39, 0.29) is 43.5 Å². The predicted molar refractivity (Wildman–Crippen MR) is 118 cm³/mol. The second-order valence-electron chi connectivity index (χ2n) is 8.62. The van der Waals surface area contributed by atoms with Gasteiger partial charge in [-0.2, -0.15) is 31.4 Å². The van der Waals surface area contributed by atoms with Crippen LogP contribution in [-0.2, 0) is 21.9 Å². The van der Waals surface area contributed by atoms with Crippen molar-refractivity contribution in [3.63, 3.8) is 0 Å². The average Bonchev–Trinajstić information content (AvgIpc) is 3.12. The maximum Gasteiger partial charge on any atom is 0.421 e. The highest BCUT2D eigenvalue weighted by Crippen LogP contribution is 2.33. The summed E-state index contributed by atoms with van der Waals surface area (Å²) >= 11 is 0. The number of halogens is 6. The molecule has 37 heavy (non-hydrogen) atoms. The fourth-order valence-corrected chi connectivity index (χ4v) is 4.36. The number of nitrogens with one attached hydrogen (secondary N) is 1. The molecule has 200 valence electrons. The predicted octanol–water partition coefficient (Wildman–Crippen LogP) is 2.99. The van der Waals surface area contributed by atoms with E-state index in [2.05, 4.69) is 15.1 Å². The number of hydrogen-bond acceptors (Lipinski definition) is 8. The number of carbonyl (C=O) groups excluding carboxylic acids is 1. The molecule has 0 spiro atoms. The van der Waals surface area contributed by atoms with Gasteiger partial charge in [-0.1, -0.05) is 6.08 Å². The highest BCUT2D eigenvalue weighted by atomic mass is 19.4. The summed E-state index contributed by atoms with van der Waals surface area (Å²) in [6.45, 7) is 0.689. The molecule has 9 nitrogen and oxygen atoms in total. The van der Waals surface area contributed by atoms with Crippen molar-refractivity contribution in [1.29, 1.82) is 0 Å². The number of aromatic amines is 1. The van der Waals surface area contributed by atoms with Crippen LogP contribution < -0.4 is 15.4 Å². The van der Waals surface area contributed by atoms with Gasteiger partial charge in [-0.25, -0.2) is 15.1 Å². The minimum absolute atomic E-state index is 0.0854. The average molecular weight is 532 g/mol. The maximum atomic E-state index is 13.5. The van der Waals surface area contributed by atoms with Crippen molar-refractivity contribution in [3.05, 3.63) is 51.6 Å². The van der Waals surface area contributed by atoms with Gasteiger partial charge in [0, 0.05) is 51.6 Å². The van der Waals surface area contributed by atoms with Gasteiger partial charge in [0.1, 0.15) is 11.4 Å². The second kappa shape index (κ2) is 10.1. The quantitative estimate of drug-likeness (QED) is 0.587.